The first-order chi connectivity index (χ1) is 10.0. The number of carbonyl (C=O) groups is 2. The van der Waals surface area contributed by atoms with Crippen molar-refractivity contribution in [2.24, 2.45) is 0 Å². The van der Waals surface area contributed by atoms with E-state index in [4.69, 9.17) is 5.11 Å². The topological polar surface area (TPSA) is 97.1 Å². The monoisotopic (exact) mass is 372 g/mol. The van der Waals surface area contributed by atoms with Crippen molar-refractivity contribution in [1.29, 1.82) is 0 Å². The zero-order valence-corrected chi connectivity index (χ0v) is 13.6. The minimum atomic E-state index is -0.939. The Bertz CT molecular complexity index is 688. The molecule has 2 heterocycles. The van der Waals surface area contributed by atoms with Gasteiger partial charge in [-0.25, -0.2) is 9.97 Å². The summed E-state index contributed by atoms with van der Waals surface area (Å²) in [4.78, 5) is 31.1. The van der Waals surface area contributed by atoms with Gasteiger partial charge in [-0.3, -0.25) is 14.2 Å². The summed E-state index contributed by atoms with van der Waals surface area (Å²) < 4.78 is 2.40. The van der Waals surface area contributed by atoms with Crippen molar-refractivity contribution in [1.82, 2.24) is 19.9 Å². The van der Waals surface area contributed by atoms with E-state index in [2.05, 4.69) is 31.2 Å². The van der Waals surface area contributed by atoms with Gasteiger partial charge in [-0.1, -0.05) is 11.8 Å². The number of halogens is 1. The highest BCUT2D eigenvalue weighted by molar-refractivity contribution is 9.10. The van der Waals surface area contributed by atoms with E-state index in [0.717, 1.165) is 16.2 Å². The number of nitrogens with zero attached hydrogens (tertiary/aromatic N) is 3. The van der Waals surface area contributed by atoms with E-state index in [-0.39, 0.29) is 18.2 Å². The summed E-state index contributed by atoms with van der Waals surface area (Å²) >= 11 is 4.38. The number of amides is 1. The lowest BCUT2D eigenvalue weighted by Crippen LogP contribution is -2.27. The summed E-state index contributed by atoms with van der Waals surface area (Å²) in [5.74, 6) is -1.23. The van der Waals surface area contributed by atoms with Crippen LogP contribution in [0.15, 0.2) is 21.9 Å². The molecule has 0 aliphatic heterocycles. The summed E-state index contributed by atoms with van der Waals surface area (Å²) in [6.07, 6.45) is 1.61. The van der Waals surface area contributed by atoms with Gasteiger partial charge in [-0.05, 0) is 28.9 Å². The van der Waals surface area contributed by atoms with Gasteiger partial charge < -0.3 is 10.4 Å². The Kier molecular flexibility index (Phi) is 5.18. The van der Waals surface area contributed by atoms with Crippen LogP contribution in [0.4, 0.5) is 0 Å². The molecule has 0 bridgehead atoms. The highest BCUT2D eigenvalue weighted by Gasteiger charge is 2.16. The Balaban J connectivity index is 2.39. The molecule has 7 nitrogen and oxygen atoms in total. The average molecular weight is 373 g/mol. The minimum absolute atomic E-state index is 0.0565. The van der Waals surface area contributed by atoms with Crippen molar-refractivity contribution < 1.29 is 14.7 Å². The number of hydrogen-bond donors (Lipinski definition) is 2. The van der Waals surface area contributed by atoms with Crippen molar-refractivity contribution in [2.45, 2.75) is 18.6 Å². The predicted molar refractivity (Wildman–Crippen MR) is 82.3 cm³/mol. The van der Waals surface area contributed by atoms with Gasteiger partial charge in [-0.2, -0.15) is 0 Å². The Hall–Kier alpha value is -1.61. The first kappa shape index (κ1) is 15.8. The fourth-order valence-electron chi connectivity index (χ4n) is 1.74. The third kappa shape index (κ3) is 3.94. The number of nitrogens with one attached hydrogen (secondary N) is 1. The van der Waals surface area contributed by atoms with Gasteiger partial charge in [-0.15, -0.1) is 0 Å². The van der Waals surface area contributed by atoms with Gasteiger partial charge >= 0.3 is 5.97 Å². The van der Waals surface area contributed by atoms with Crippen molar-refractivity contribution >= 4 is 50.7 Å². The first-order valence-corrected chi connectivity index (χ1v) is 7.92. The lowest BCUT2D eigenvalue weighted by molar-refractivity contribution is -0.133. The molecular formula is C12H13BrN4O3S. The van der Waals surface area contributed by atoms with Crippen molar-refractivity contribution in [3.63, 3.8) is 0 Å². The molecule has 2 aromatic rings. The second kappa shape index (κ2) is 6.90. The maximum absolute atomic E-state index is 11.8. The van der Waals surface area contributed by atoms with Gasteiger partial charge in [0.2, 0.25) is 5.91 Å². The molecule has 0 aliphatic carbocycles. The molecule has 0 aliphatic rings. The van der Waals surface area contributed by atoms with E-state index < -0.39 is 5.97 Å². The third-order valence-electron chi connectivity index (χ3n) is 2.52. The van der Waals surface area contributed by atoms with Gasteiger partial charge in [0.25, 0.3) is 0 Å². The quantitative estimate of drug-likeness (QED) is 0.745. The van der Waals surface area contributed by atoms with Crippen LogP contribution in [0.2, 0.25) is 0 Å². The molecule has 2 aromatic heterocycles. The number of rotatable bonds is 6. The summed E-state index contributed by atoms with van der Waals surface area (Å²) in [6, 6.07) is 1.78. The summed E-state index contributed by atoms with van der Waals surface area (Å²) in [5.41, 5.74) is 1.17. The average Bonchev–Trinajstić information content (AvgIpc) is 2.74. The number of carboxylic acids is 1. The number of aliphatic carboxylic acids is 1. The number of fused-ring (bicyclic) bond motifs is 1. The van der Waals surface area contributed by atoms with E-state index in [1.165, 1.54) is 0 Å². The van der Waals surface area contributed by atoms with Gasteiger partial charge in [0.1, 0.15) is 12.1 Å². The van der Waals surface area contributed by atoms with Crippen LogP contribution in [0.3, 0.4) is 0 Å². The second-order valence-corrected chi connectivity index (χ2v) is 5.97. The standard InChI is InChI=1S/C12H13BrN4O3S/c1-2-14-9(18)5-17-11-8(3-7(13)4-15-11)16-12(17)21-6-10(19)20/h3-4H,2,5-6H2,1H3,(H,14,18)(H,19,20). The molecule has 0 saturated heterocycles. The van der Waals surface area contributed by atoms with Crippen molar-refractivity contribution in [3.05, 3.63) is 16.7 Å². The zero-order chi connectivity index (χ0) is 15.4. The van der Waals surface area contributed by atoms with Crippen LogP contribution in [0.5, 0.6) is 0 Å². The minimum Gasteiger partial charge on any atom is -0.481 e. The molecule has 0 saturated carbocycles. The van der Waals surface area contributed by atoms with Crippen molar-refractivity contribution in [2.75, 3.05) is 12.3 Å². The molecule has 0 aromatic carbocycles. The van der Waals surface area contributed by atoms with Crippen LogP contribution in [0.1, 0.15) is 6.92 Å². The molecule has 21 heavy (non-hydrogen) atoms. The lowest BCUT2D eigenvalue weighted by Gasteiger charge is -2.07. The normalized spacial score (nSPS) is 10.8. The number of carbonyl (C=O) groups excluding carboxylic acids is 1. The smallest absolute Gasteiger partial charge is 0.313 e. The number of pyridine rings is 1. The summed E-state index contributed by atoms with van der Waals surface area (Å²) in [6.45, 7) is 2.42. The highest BCUT2D eigenvalue weighted by atomic mass is 79.9. The van der Waals surface area contributed by atoms with E-state index in [0.29, 0.717) is 22.9 Å². The number of carboxylic acid groups (broad SMARTS) is 1. The fourth-order valence-corrected chi connectivity index (χ4v) is 2.78. The van der Waals surface area contributed by atoms with E-state index >= 15 is 0 Å². The van der Waals surface area contributed by atoms with Crippen LogP contribution in [-0.2, 0) is 16.1 Å². The van der Waals surface area contributed by atoms with Crippen LogP contribution in [0.25, 0.3) is 11.2 Å². The fraction of sp³-hybridized carbons (Fsp3) is 0.333. The van der Waals surface area contributed by atoms with Gasteiger partial charge in [0.15, 0.2) is 10.8 Å². The maximum Gasteiger partial charge on any atom is 0.313 e. The number of hydrogen-bond acceptors (Lipinski definition) is 5. The Morgan fingerprint density at radius 2 is 2.29 bits per heavy atom. The molecule has 0 spiro atoms. The molecule has 112 valence electrons. The van der Waals surface area contributed by atoms with Crippen LogP contribution < -0.4 is 5.32 Å². The molecule has 0 atom stereocenters. The Morgan fingerprint density at radius 1 is 1.52 bits per heavy atom. The van der Waals surface area contributed by atoms with Crippen molar-refractivity contribution in [3.8, 4) is 0 Å². The van der Waals surface area contributed by atoms with E-state index in [9.17, 15) is 9.59 Å². The Labute approximate surface area is 133 Å². The molecule has 2 N–H and O–H groups in total. The number of thioether (sulfide) groups is 1. The van der Waals surface area contributed by atoms with E-state index in [1.807, 2.05) is 6.92 Å². The number of aromatic nitrogens is 3. The zero-order valence-electron chi connectivity index (χ0n) is 11.2. The summed E-state index contributed by atoms with van der Waals surface area (Å²) in [7, 11) is 0. The first-order valence-electron chi connectivity index (χ1n) is 6.14. The van der Waals surface area contributed by atoms with E-state index in [1.54, 1.807) is 16.8 Å². The second-order valence-electron chi connectivity index (χ2n) is 4.11. The van der Waals surface area contributed by atoms with Crippen LogP contribution in [0, 0.1) is 0 Å². The number of imidazole rings is 1. The predicted octanol–water partition coefficient (Wildman–Crippen LogP) is 1.51. The van der Waals surface area contributed by atoms with Crippen LogP contribution in [-0.4, -0.2) is 43.8 Å². The lowest BCUT2D eigenvalue weighted by atomic mass is 10.4. The summed E-state index contributed by atoms with van der Waals surface area (Å²) in [5, 5.41) is 12.0. The molecule has 2 rings (SSSR count). The molecular weight excluding hydrogens is 360 g/mol. The highest BCUT2D eigenvalue weighted by Crippen LogP contribution is 2.24. The Morgan fingerprint density at radius 3 is 2.95 bits per heavy atom. The molecule has 0 radical (unpaired) electrons. The van der Waals surface area contributed by atoms with Gasteiger partial charge in [0, 0.05) is 17.2 Å². The third-order valence-corrected chi connectivity index (χ3v) is 3.91. The molecule has 1 amide bonds. The molecule has 0 unspecified atom stereocenters. The molecule has 0 fully saturated rings. The van der Waals surface area contributed by atoms with Crippen LogP contribution >= 0.6 is 27.7 Å². The largest absolute Gasteiger partial charge is 0.481 e. The van der Waals surface area contributed by atoms with Gasteiger partial charge in [0.05, 0.1) is 5.75 Å². The molecule has 9 heteroatoms. The number of likely N-dealkylation sites (N-methyl/N-ethyl adjacent to an activating group) is 1. The SMILES string of the molecule is CCNC(=O)Cn1c(SCC(=O)O)nc2cc(Br)cnc21. The maximum atomic E-state index is 11.8.